The molecule has 0 unspecified atom stereocenters. The van der Waals surface area contributed by atoms with Gasteiger partial charge in [-0.2, -0.15) is 0 Å². The zero-order chi connectivity index (χ0) is 21.3. The van der Waals surface area contributed by atoms with Crippen LogP contribution in [-0.2, 0) is 29.1 Å². The monoisotopic (exact) mass is 424 g/mol. The molecule has 3 rings (SSSR count). The number of benzene rings is 3. The van der Waals surface area contributed by atoms with E-state index in [2.05, 4.69) is 5.32 Å². The number of nitro groups is 1. The number of non-ortho nitro benzene ring substituents is 1. The molecule has 0 aliphatic heterocycles. The van der Waals surface area contributed by atoms with Gasteiger partial charge in [-0.25, -0.2) is 0 Å². The van der Waals surface area contributed by atoms with E-state index in [1.54, 1.807) is 18.2 Å². The third kappa shape index (κ3) is 6.14. The molecule has 3 aromatic rings. The van der Waals surface area contributed by atoms with Gasteiger partial charge in [0.1, 0.15) is 12.6 Å². The Morgan fingerprint density at radius 1 is 0.967 bits per heavy atom. The molecule has 0 aromatic heterocycles. The molecule has 0 heterocycles. The van der Waals surface area contributed by atoms with Gasteiger partial charge in [0.15, 0.2) is 0 Å². The van der Waals surface area contributed by atoms with E-state index in [9.17, 15) is 14.9 Å². The van der Waals surface area contributed by atoms with Crippen molar-refractivity contribution in [3.8, 4) is 0 Å². The zero-order valence-corrected chi connectivity index (χ0v) is 16.9. The molecule has 0 aliphatic rings. The summed E-state index contributed by atoms with van der Waals surface area (Å²) in [7, 11) is 0. The normalized spacial score (nSPS) is 11.6. The molecule has 154 valence electrons. The van der Waals surface area contributed by atoms with Crippen LogP contribution in [0.1, 0.15) is 16.7 Å². The second kappa shape index (κ2) is 10.5. The molecule has 0 spiro atoms. The number of ether oxygens (including phenoxy) is 1. The molecule has 6 nitrogen and oxygen atoms in total. The lowest BCUT2D eigenvalue weighted by Crippen LogP contribution is -2.39. The molecule has 1 atom stereocenters. The lowest BCUT2D eigenvalue weighted by Gasteiger charge is -2.18. The van der Waals surface area contributed by atoms with Crippen LogP contribution in [0.2, 0.25) is 5.02 Å². The number of esters is 1. The average molecular weight is 425 g/mol. The van der Waals surface area contributed by atoms with Crippen molar-refractivity contribution in [1.29, 1.82) is 0 Å². The van der Waals surface area contributed by atoms with Gasteiger partial charge < -0.3 is 4.74 Å². The summed E-state index contributed by atoms with van der Waals surface area (Å²) < 4.78 is 5.48. The maximum atomic E-state index is 12.8. The maximum absolute atomic E-state index is 12.8. The van der Waals surface area contributed by atoms with Crippen LogP contribution < -0.4 is 5.32 Å². The molecule has 0 aliphatic carbocycles. The van der Waals surface area contributed by atoms with Crippen molar-refractivity contribution in [2.75, 3.05) is 0 Å². The summed E-state index contributed by atoms with van der Waals surface area (Å²) in [6, 6.07) is 22.5. The smallest absolute Gasteiger partial charge is 0.323 e. The average Bonchev–Trinajstić information content (AvgIpc) is 2.77. The van der Waals surface area contributed by atoms with Crippen molar-refractivity contribution in [3.63, 3.8) is 0 Å². The minimum Gasteiger partial charge on any atom is -0.460 e. The second-order valence-electron chi connectivity index (χ2n) is 6.75. The first kappa shape index (κ1) is 21.5. The fourth-order valence-electron chi connectivity index (χ4n) is 2.93. The zero-order valence-electron chi connectivity index (χ0n) is 16.2. The van der Waals surface area contributed by atoms with E-state index in [0.29, 0.717) is 23.6 Å². The molecule has 0 amide bonds. The van der Waals surface area contributed by atoms with Gasteiger partial charge in [-0.1, -0.05) is 60.1 Å². The molecule has 7 heteroatoms. The van der Waals surface area contributed by atoms with Gasteiger partial charge >= 0.3 is 5.97 Å². The Kier molecular flexibility index (Phi) is 7.54. The van der Waals surface area contributed by atoms with Crippen LogP contribution >= 0.6 is 11.6 Å². The van der Waals surface area contributed by atoms with Crippen LogP contribution in [0, 0.1) is 10.1 Å². The predicted molar refractivity (Wildman–Crippen MR) is 115 cm³/mol. The number of halogens is 1. The Balaban J connectivity index is 1.66. The summed E-state index contributed by atoms with van der Waals surface area (Å²) in [4.78, 5) is 23.1. The number of nitrogens with one attached hydrogen (secondary N) is 1. The van der Waals surface area contributed by atoms with Crippen molar-refractivity contribution in [2.45, 2.75) is 25.6 Å². The first-order valence-corrected chi connectivity index (χ1v) is 9.81. The number of carbonyl (C=O) groups is 1. The van der Waals surface area contributed by atoms with Crippen LogP contribution in [0.3, 0.4) is 0 Å². The lowest BCUT2D eigenvalue weighted by atomic mass is 10.1. The predicted octanol–water partition coefficient (Wildman–Crippen LogP) is 4.69. The van der Waals surface area contributed by atoms with Crippen LogP contribution in [0.15, 0.2) is 78.9 Å². The fraction of sp³-hybridized carbons (Fsp3) is 0.174. The number of nitro benzene ring substituents is 1. The van der Waals surface area contributed by atoms with Gasteiger partial charge in [-0.05, 0) is 41.3 Å². The summed E-state index contributed by atoms with van der Waals surface area (Å²) in [6.07, 6.45) is 0.463. The summed E-state index contributed by atoms with van der Waals surface area (Å²) >= 11 is 6.22. The number of carbonyl (C=O) groups excluding carboxylic acids is 1. The Morgan fingerprint density at radius 3 is 2.30 bits per heavy atom. The van der Waals surface area contributed by atoms with Crippen LogP contribution in [0.5, 0.6) is 0 Å². The molecule has 0 saturated carbocycles. The summed E-state index contributed by atoms with van der Waals surface area (Å²) in [6.45, 7) is 0.458. The van der Waals surface area contributed by atoms with Crippen molar-refractivity contribution < 1.29 is 14.5 Å². The third-order valence-electron chi connectivity index (χ3n) is 4.59. The molecular formula is C23H21ClN2O4. The lowest BCUT2D eigenvalue weighted by molar-refractivity contribution is -0.384. The van der Waals surface area contributed by atoms with Crippen LogP contribution in [-0.4, -0.2) is 16.9 Å². The van der Waals surface area contributed by atoms with E-state index in [-0.39, 0.29) is 12.3 Å². The molecule has 3 aromatic carbocycles. The van der Waals surface area contributed by atoms with E-state index in [1.807, 2.05) is 48.5 Å². The summed E-state index contributed by atoms with van der Waals surface area (Å²) in [5.41, 5.74) is 2.56. The van der Waals surface area contributed by atoms with Crippen molar-refractivity contribution in [3.05, 3.63) is 111 Å². The van der Waals surface area contributed by atoms with Crippen molar-refractivity contribution in [2.24, 2.45) is 0 Å². The summed E-state index contributed by atoms with van der Waals surface area (Å²) in [5, 5.41) is 14.6. The highest BCUT2D eigenvalue weighted by Gasteiger charge is 2.21. The maximum Gasteiger partial charge on any atom is 0.323 e. The van der Waals surface area contributed by atoms with Gasteiger partial charge in [-0.3, -0.25) is 20.2 Å². The highest BCUT2D eigenvalue weighted by atomic mass is 35.5. The van der Waals surface area contributed by atoms with Crippen LogP contribution in [0.25, 0.3) is 0 Å². The highest BCUT2D eigenvalue weighted by molar-refractivity contribution is 6.31. The van der Waals surface area contributed by atoms with Crippen molar-refractivity contribution >= 4 is 23.3 Å². The second-order valence-corrected chi connectivity index (χ2v) is 7.15. The van der Waals surface area contributed by atoms with Gasteiger partial charge in [0, 0.05) is 23.7 Å². The molecule has 30 heavy (non-hydrogen) atoms. The molecule has 0 radical (unpaired) electrons. The number of hydrogen-bond donors (Lipinski definition) is 1. The minimum absolute atomic E-state index is 0.00608. The van der Waals surface area contributed by atoms with E-state index in [4.69, 9.17) is 16.3 Å². The van der Waals surface area contributed by atoms with E-state index < -0.39 is 16.9 Å². The third-order valence-corrected chi connectivity index (χ3v) is 4.96. The molecule has 0 saturated heterocycles. The topological polar surface area (TPSA) is 81.5 Å². The van der Waals surface area contributed by atoms with Gasteiger partial charge in [0.2, 0.25) is 0 Å². The first-order valence-electron chi connectivity index (χ1n) is 9.43. The Hall–Kier alpha value is -3.22. The highest BCUT2D eigenvalue weighted by Crippen LogP contribution is 2.16. The van der Waals surface area contributed by atoms with Gasteiger partial charge in [0.25, 0.3) is 5.69 Å². The number of hydrogen-bond acceptors (Lipinski definition) is 5. The minimum atomic E-state index is -0.568. The molecular weight excluding hydrogens is 404 g/mol. The quantitative estimate of drug-likeness (QED) is 0.306. The van der Waals surface area contributed by atoms with Crippen molar-refractivity contribution in [1.82, 2.24) is 5.32 Å². The van der Waals surface area contributed by atoms with E-state index >= 15 is 0 Å². The largest absolute Gasteiger partial charge is 0.460 e. The number of rotatable bonds is 9. The van der Waals surface area contributed by atoms with Gasteiger partial charge in [-0.15, -0.1) is 0 Å². The molecule has 0 bridgehead atoms. The van der Waals surface area contributed by atoms with Gasteiger partial charge in [0.05, 0.1) is 4.92 Å². The Labute approximate surface area is 179 Å². The Morgan fingerprint density at radius 2 is 1.63 bits per heavy atom. The van der Waals surface area contributed by atoms with E-state index in [0.717, 1.165) is 11.1 Å². The van der Waals surface area contributed by atoms with E-state index in [1.165, 1.54) is 12.1 Å². The fourth-order valence-corrected chi connectivity index (χ4v) is 3.14. The first-order chi connectivity index (χ1) is 14.5. The SMILES string of the molecule is O=C(OCc1ccc([N+](=O)[O-])cc1)[C@H](Cc1ccccc1)NCc1ccccc1Cl. The number of nitrogens with zero attached hydrogens (tertiary/aromatic N) is 1. The molecule has 1 N–H and O–H groups in total. The standard InChI is InChI=1S/C23H21ClN2O4/c24-21-9-5-4-8-19(21)15-25-22(14-17-6-2-1-3-7-17)23(27)30-16-18-10-12-20(13-11-18)26(28)29/h1-13,22,25H,14-16H2/t22-/m0/s1. The summed E-state index contributed by atoms with van der Waals surface area (Å²) in [5.74, 6) is -0.399. The Bertz CT molecular complexity index is 994. The molecule has 0 fully saturated rings. The van der Waals surface area contributed by atoms with Crippen LogP contribution in [0.4, 0.5) is 5.69 Å².